The molecule has 1 N–H and O–H groups in total. The van der Waals surface area contributed by atoms with Crippen molar-refractivity contribution in [3.8, 4) is 5.75 Å². The number of nitrogens with one attached hydrogen (secondary N) is 1. The van der Waals surface area contributed by atoms with Gasteiger partial charge >= 0.3 is 0 Å². The van der Waals surface area contributed by atoms with Gasteiger partial charge in [-0.05, 0) is 58.8 Å². The first-order valence-corrected chi connectivity index (χ1v) is 9.47. The molecule has 30 heavy (non-hydrogen) atoms. The molecule has 0 saturated carbocycles. The Morgan fingerprint density at radius 2 is 1.63 bits per heavy atom. The number of amides is 1. The Bertz CT molecular complexity index is 1200. The van der Waals surface area contributed by atoms with E-state index in [1.54, 1.807) is 42.6 Å². The van der Waals surface area contributed by atoms with Crippen LogP contribution in [0.3, 0.4) is 0 Å². The molecule has 0 unspecified atom stereocenters. The molecule has 148 valence electrons. The van der Waals surface area contributed by atoms with E-state index >= 15 is 0 Å². The zero-order valence-corrected chi connectivity index (χ0v) is 16.1. The number of carbonyl (C=O) groups is 1. The van der Waals surface area contributed by atoms with Crippen molar-refractivity contribution in [2.45, 2.75) is 6.61 Å². The summed E-state index contributed by atoms with van der Waals surface area (Å²) in [6.07, 6.45) is 1.56. The zero-order valence-electron chi connectivity index (χ0n) is 16.1. The van der Waals surface area contributed by atoms with Crippen LogP contribution in [0.5, 0.6) is 5.75 Å². The lowest BCUT2D eigenvalue weighted by Gasteiger charge is -2.07. The summed E-state index contributed by atoms with van der Waals surface area (Å²) in [5.74, 6) is 0.0563. The number of nitrogens with zero attached hydrogens (tertiary/aromatic N) is 1. The molecule has 1 amide bonds. The van der Waals surface area contributed by atoms with Crippen molar-refractivity contribution in [1.82, 2.24) is 5.43 Å². The number of benzene rings is 4. The number of halogens is 1. The van der Waals surface area contributed by atoms with Gasteiger partial charge in [0.25, 0.3) is 5.91 Å². The van der Waals surface area contributed by atoms with Crippen LogP contribution in [-0.2, 0) is 6.61 Å². The van der Waals surface area contributed by atoms with Gasteiger partial charge in [0.15, 0.2) is 0 Å². The van der Waals surface area contributed by atoms with Gasteiger partial charge in [0.1, 0.15) is 18.2 Å². The Hall–Kier alpha value is -3.99. The molecule has 0 aliphatic rings. The maximum atomic E-state index is 13.6. The van der Waals surface area contributed by atoms with Gasteiger partial charge in [-0.25, -0.2) is 9.82 Å². The highest BCUT2D eigenvalue weighted by atomic mass is 19.1. The van der Waals surface area contributed by atoms with Gasteiger partial charge in [0, 0.05) is 11.1 Å². The van der Waals surface area contributed by atoms with Crippen LogP contribution in [-0.4, -0.2) is 12.1 Å². The molecule has 0 atom stereocenters. The molecule has 0 aliphatic heterocycles. The monoisotopic (exact) mass is 398 g/mol. The summed E-state index contributed by atoms with van der Waals surface area (Å²) in [6.45, 7) is 0.155. The molecule has 5 heteroatoms. The summed E-state index contributed by atoms with van der Waals surface area (Å²) in [4.78, 5) is 12.3. The average Bonchev–Trinajstić information content (AvgIpc) is 2.79. The van der Waals surface area contributed by atoms with Crippen molar-refractivity contribution in [1.29, 1.82) is 0 Å². The molecule has 4 aromatic rings. The first-order valence-electron chi connectivity index (χ1n) is 9.47. The van der Waals surface area contributed by atoms with Crippen LogP contribution in [0.2, 0.25) is 0 Å². The molecule has 4 rings (SSSR count). The second-order valence-electron chi connectivity index (χ2n) is 6.71. The van der Waals surface area contributed by atoms with E-state index in [9.17, 15) is 9.18 Å². The second kappa shape index (κ2) is 9.01. The summed E-state index contributed by atoms with van der Waals surface area (Å²) in [6, 6.07) is 27.0. The van der Waals surface area contributed by atoms with Crippen molar-refractivity contribution in [2.24, 2.45) is 5.10 Å². The molecule has 4 nitrogen and oxygen atoms in total. The highest BCUT2D eigenvalue weighted by Crippen LogP contribution is 2.16. The summed E-state index contributed by atoms with van der Waals surface area (Å²) in [5, 5.41) is 6.10. The maximum absolute atomic E-state index is 13.6. The van der Waals surface area contributed by atoms with Crippen LogP contribution in [0.4, 0.5) is 4.39 Å². The number of fused-ring (bicyclic) bond motifs is 1. The van der Waals surface area contributed by atoms with Gasteiger partial charge in [-0.1, -0.05) is 48.5 Å². The van der Waals surface area contributed by atoms with E-state index in [2.05, 4.69) is 10.5 Å². The number of ether oxygens (including phenoxy) is 1. The fourth-order valence-corrected chi connectivity index (χ4v) is 2.99. The second-order valence-corrected chi connectivity index (χ2v) is 6.71. The van der Waals surface area contributed by atoms with E-state index in [1.165, 1.54) is 6.07 Å². The number of hydrogen-bond acceptors (Lipinski definition) is 3. The number of rotatable bonds is 6. The van der Waals surface area contributed by atoms with Gasteiger partial charge in [0.2, 0.25) is 0 Å². The molecular weight excluding hydrogens is 379 g/mol. The van der Waals surface area contributed by atoms with Crippen molar-refractivity contribution in [2.75, 3.05) is 0 Å². The highest BCUT2D eigenvalue weighted by Gasteiger charge is 2.05. The van der Waals surface area contributed by atoms with Gasteiger partial charge < -0.3 is 4.74 Å². The molecule has 0 spiro atoms. The fraction of sp³-hybridized carbons (Fsp3) is 0.0400. The van der Waals surface area contributed by atoms with E-state index < -0.39 is 0 Å². The predicted molar refractivity (Wildman–Crippen MR) is 116 cm³/mol. The Morgan fingerprint density at radius 1 is 0.900 bits per heavy atom. The number of hydrazone groups is 1. The van der Waals surface area contributed by atoms with Crippen molar-refractivity contribution >= 4 is 22.9 Å². The summed E-state index contributed by atoms with van der Waals surface area (Å²) in [7, 11) is 0. The van der Waals surface area contributed by atoms with Crippen molar-refractivity contribution in [3.05, 3.63) is 114 Å². The maximum Gasteiger partial charge on any atom is 0.271 e. The third-order valence-electron chi connectivity index (χ3n) is 4.62. The summed E-state index contributed by atoms with van der Waals surface area (Å²) in [5.41, 5.74) is 4.38. The Balaban J connectivity index is 1.33. The third kappa shape index (κ3) is 4.70. The summed E-state index contributed by atoms with van der Waals surface area (Å²) < 4.78 is 19.2. The molecule has 4 aromatic carbocycles. The number of hydrogen-bond donors (Lipinski definition) is 1. The Morgan fingerprint density at radius 3 is 2.43 bits per heavy atom. The lowest BCUT2D eigenvalue weighted by molar-refractivity contribution is 0.0955. The normalized spacial score (nSPS) is 11.0. The van der Waals surface area contributed by atoms with E-state index in [0.717, 1.165) is 16.3 Å². The molecule has 0 fully saturated rings. The molecule has 0 aromatic heterocycles. The first-order chi connectivity index (χ1) is 14.7. The molecule has 0 saturated heterocycles. The topological polar surface area (TPSA) is 50.7 Å². The van der Waals surface area contributed by atoms with Crippen molar-refractivity contribution < 1.29 is 13.9 Å². The van der Waals surface area contributed by atoms with E-state index in [1.807, 2.05) is 48.5 Å². The van der Waals surface area contributed by atoms with Gasteiger partial charge in [-0.3, -0.25) is 4.79 Å². The van der Waals surface area contributed by atoms with Crippen LogP contribution in [0.25, 0.3) is 10.8 Å². The standard InChI is InChI=1S/C25H19FN2O2/c26-24-8-4-3-7-22(24)17-30-23-13-9-18(10-14-23)16-27-28-25(29)21-12-11-19-5-1-2-6-20(19)15-21/h1-16H,17H2,(H,28,29)/b27-16-. The minimum atomic E-state index is -0.289. The highest BCUT2D eigenvalue weighted by molar-refractivity contribution is 5.98. The molecule has 0 bridgehead atoms. The van der Waals surface area contributed by atoms with Gasteiger partial charge in [-0.15, -0.1) is 0 Å². The average molecular weight is 398 g/mol. The van der Waals surface area contributed by atoms with Crippen LogP contribution in [0, 0.1) is 5.82 Å². The van der Waals surface area contributed by atoms with Crippen LogP contribution in [0.15, 0.2) is 96.1 Å². The quantitative estimate of drug-likeness (QED) is 0.353. The molecule has 0 radical (unpaired) electrons. The molecule has 0 aliphatic carbocycles. The Labute approximate surface area is 173 Å². The van der Waals surface area contributed by atoms with Crippen molar-refractivity contribution in [3.63, 3.8) is 0 Å². The Kier molecular flexibility index (Phi) is 5.80. The lowest BCUT2D eigenvalue weighted by Crippen LogP contribution is -2.17. The van der Waals surface area contributed by atoms with Gasteiger partial charge in [-0.2, -0.15) is 5.10 Å². The largest absolute Gasteiger partial charge is 0.489 e. The van der Waals surface area contributed by atoms with E-state index in [4.69, 9.17) is 4.74 Å². The van der Waals surface area contributed by atoms with E-state index in [-0.39, 0.29) is 18.3 Å². The smallest absolute Gasteiger partial charge is 0.271 e. The lowest BCUT2D eigenvalue weighted by atomic mass is 10.1. The SMILES string of the molecule is O=C(N/N=C\c1ccc(OCc2ccccc2F)cc1)c1ccc2ccccc2c1. The first kappa shape index (κ1) is 19.3. The summed E-state index contributed by atoms with van der Waals surface area (Å²) >= 11 is 0. The number of carbonyl (C=O) groups excluding carboxylic acids is 1. The molecule has 0 heterocycles. The third-order valence-corrected chi connectivity index (χ3v) is 4.62. The minimum Gasteiger partial charge on any atom is -0.489 e. The fourth-order valence-electron chi connectivity index (χ4n) is 2.99. The predicted octanol–water partition coefficient (Wildman–Crippen LogP) is 5.32. The van der Waals surface area contributed by atoms with Crippen LogP contribution >= 0.6 is 0 Å². The van der Waals surface area contributed by atoms with Crippen LogP contribution < -0.4 is 10.2 Å². The van der Waals surface area contributed by atoms with Crippen LogP contribution in [0.1, 0.15) is 21.5 Å². The van der Waals surface area contributed by atoms with E-state index in [0.29, 0.717) is 16.9 Å². The minimum absolute atomic E-state index is 0.155. The molecular formula is C25H19FN2O2. The van der Waals surface area contributed by atoms with Gasteiger partial charge in [0.05, 0.1) is 6.21 Å². The zero-order chi connectivity index (χ0) is 20.8.